The van der Waals surface area contributed by atoms with Gasteiger partial charge in [-0.05, 0) is 38.3 Å². The van der Waals surface area contributed by atoms with Crippen molar-refractivity contribution >= 4 is 11.9 Å². The fourth-order valence-electron chi connectivity index (χ4n) is 3.11. The zero-order valence-electron chi connectivity index (χ0n) is 14.7. The first kappa shape index (κ1) is 19.4. The maximum absolute atomic E-state index is 12.2. The highest BCUT2D eigenvalue weighted by Crippen LogP contribution is 2.36. The number of fused-ring (bicyclic) bond motifs is 1. The Kier molecular flexibility index (Phi) is 6.56. The molecule has 1 fully saturated rings. The molecule has 0 saturated carbocycles. The number of esters is 2. The molecule has 6 heteroatoms. The Labute approximate surface area is 147 Å². The van der Waals surface area contributed by atoms with Gasteiger partial charge in [-0.1, -0.05) is 18.2 Å². The molecule has 0 amide bonds. The topological polar surface area (TPSA) is 93.1 Å². The molecule has 1 aliphatic heterocycles. The highest BCUT2D eigenvalue weighted by Gasteiger charge is 2.44. The van der Waals surface area contributed by atoms with Crippen LogP contribution >= 0.6 is 0 Å². The number of carbonyl (C=O) groups excluding carboxylic acids is 2. The maximum Gasteiger partial charge on any atom is 0.334 e. The molecule has 2 aliphatic rings. The lowest BCUT2D eigenvalue weighted by molar-refractivity contribution is -0.157. The van der Waals surface area contributed by atoms with Gasteiger partial charge in [-0.25, -0.2) is 4.79 Å². The molecule has 25 heavy (non-hydrogen) atoms. The van der Waals surface area contributed by atoms with E-state index in [0.717, 1.165) is 17.6 Å². The van der Waals surface area contributed by atoms with Crippen LogP contribution in [0.3, 0.4) is 0 Å². The smallest absolute Gasteiger partial charge is 0.334 e. The molecule has 2 rings (SSSR count). The Morgan fingerprint density at radius 3 is 2.84 bits per heavy atom. The van der Waals surface area contributed by atoms with Crippen molar-refractivity contribution in [2.24, 2.45) is 11.8 Å². The predicted molar refractivity (Wildman–Crippen MR) is 91.4 cm³/mol. The van der Waals surface area contributed by atoms with Crippen LogP contribution in [0.1, 0.15) is 33.1 Å². The SMILES string of the molecule is C=C1C(=O)O[C@H]2/C=C(/CO)CC/C=C(/C)C[C@H](OC(=O)[C@@H](C)CO)[C@@H]12. The van der Waals surface area contributed by atoms with E-state index in [4.69, 9.17) is 9.47 Å². The Hall–Kier alpha value is -1.92. The number of aliphatic hydroxyl groups is 2. The molecule has 0 unspecified atom stereocenters. The normalized spacial score (nSPS) is 32.6. The quantitative estimate of drug-likeness (QED) is 0.455. The van der Waals surface area contributed by atoms with Crippen LogP contribution in [0, 0.1) is 11.8 Å². The van der Waals surface area contributed by atoms with Crippen LogP contribution in [-0.4, -0.2) is 47.6 Å². The number of aliphatic hydroxyl groups excluding tert-OH is 2. The van der Waals surface area contributed by atoms with E-state index in [1.54, 1.807) is 13.0 Å². The molecule has 1 saturated heterocycles. The summed E-state index contributed by atoms with van der Waals surface area (Å²) < 4.78 is 11.0. The van der Waals surface area contributed by atoms with Crippen LogP contribution in [0.5, 0.6) is 0 Å². The summed E-state index contributed by atoms with van der Waals surface area (Å²) in [5, 5.41) is 18.7. The molecule has 4 atom stereocenters. The second-order valence-corrected chi connectivity index (χ2v) is 6.76. The van der Waals surface area contributed by atoms with Gasteiger partial charge in [0.25, 0.3) is 0 Å². The standard InChI is InChI=1S/C19H26O6/c1-11-5-4-6-14(10-21)8-16-17(13(3)19(23)25-16)15(7-11)24-18(22)12(2)9-20/h5,8,12,15-17,20-21H,3-4,6-7,9-10H2,1-2H3/b11-5-,14-8+/t12-,15-,16-,17+/m0/s1. The van der Waals surface area contributed by atoms with Gasteiger partial charge in [0.05, 0.1) is 25.0 Å². The first-order valence-electron chi connectivity index (χ1n) is 8.54. The van der Waals surface area contributed by atoms with Crippen molar-refractivity contribution in [2.45, 2.75) is 45.3 Å². The summed E-state index contributed by atoms with van der Waals surface area (Å²) in [6.07, 6.45) is 4.44. The van der Waals surface area contributed by atoms with Crippen molar-refractivity contribution in [3.05, 3.63) is 35.5 Å². The number of carbonyl (C=O) groups is 2. The maximum atomic E-state index is 12.2. The van der Waals surface area contributed by atoms with Gasteiger partial charge in [0.1, 0.15) is 12.2 Å². The largest absolute Gasteiger partial charge is 0.461 e. The van der Waals surface area contributed by atoms with E-state index < -0.39 is 36.0 Å². The number of hydrogen-bond acceptors (Lipinski definition) is 6. The van der Waals surface area contributed by atoms with Crippen molar-refractivity contribution in [1.82, 2.24) is 0 Å². The minimum atomic E-state index is -0.645. The molecule has 0 spiro atoms. The van der Waals surface area contributed by atoms with Crippen molar-refractivity contribution in [1.29, 1.82) is 0 Å². The van der Waals surface area contributed by atoms with E-state index in [2.05, 4.69) is 6.58 Å². The van der Waals surface area contributed by atoms with E-state index in [0.29, 0.717) is 12.8 Å². The van der Waals surface area contributed by atoms with Crippen molar-refractivity contribution < 1.29 is 29.3 Å². The molecule has 0 aromatic carbocycles. The summed E-state index contributed by atoms with van der Waals surface area (Å²) in [4.78, 5) is 24.2. The summed E-state index contributed by atoms with van der Waals surface area (Å²) in [5.74, 6) is -2.19. The molecule has 0 aromatic heterocycles. The summed E-state index contributed by atoms with van der Waals surface area (Å²) in [6, 6.07) is 0. The molecule has 0 bridgehead atoms. The van der Waals surface area contributed by atoms with Crippen molar-refractivity contribution in [3.63, 3.8) is 0 Å². The minimum absolute atomic E-state index is 0.119. The van der Waals surface area contributed by atoms with Gasteiger partial charge in [-0.15, -0.1) is 0 Å². The van der Waals surface area contributed by atoms with Gasteiger partial charge in [0.15, 0.2) is 0 Å². The van der Waals surface area contributed by atoms with Gasteiger partial charge in [0, 0.05) is 12.0 Å². The summed E-state index contributed by atoms with van der Waals surface area (Å²) >= 11 is 0. The molecule has 2 N–H and O–H groups in total. The van der Waals surface area contributed by atoms with Gasteiger partial charge >= 0.3 is 11.9 Å². The lowest BCUT2D eigenvalue weighted by Crippen LogP contribution is -2.35. The summed E-state index contributed by atoms with van der Waals surface area (Å²) in [5.41, 5.74) is 2.07. The number of rotatable bonds is 4. The van der Waals surface area contributed by atoms with Gasteiger partial charge in [-0.2, -0.15) is 0 Å². The summed E-state index contributed by atoms with van der Waals surface area (Å²) in [6.45, 7) is 6.91. The monoisotopic (exact) mass is 350 g/mol. The van der Waals surface area contributed by atoms with E-state index in [-0.39, 0.29) is 18.8 Å². The Morgan fingerprint density at radius 1 is 1.48 bits per heavy atom. The fourth-order valence-corrected chi connectivity index (χ4v) is 3.11. The second kappa shape index (κ2) is 8.45. The van der Waals surface area contributed by atoms with E-state index >= 15 is 0 Å². The molecular weight excluding hydrogens is 324 g/mol. The Bertz CT molecular complexity index is 603. The van der Waals surface area contributed by atoms with Gasteiger partial charge < -0.3 is 19.7 Å². The lowest BCUT2D eigenvalue weighted by Gasteiger charge is -2.28. The minimum Gasteiger partial charge on any atom is -0.461 e. The third-order valence-electron chi connectivity index (χ3n) is 4.69. The van der Waals surface area contributed by atoms with Crippen LogP contribution < -0.4 is 0 Å². The van der Waals surface area contributed by atoms with Gasteiger partial charge in [-0.3, -0.25) is 4.79 Å². The third-order valence-corrected chi connectivity index (χ3v) is 4.69. The highest BCUT2D eigenvalue weighted by molar-refractivity contribution is 5.91. The predicted octanol–water partition coefficient (Wildman–Crippen LogP) is 1.67. The van der Waals surface area contributed by atoms with Crippen LogP contribution in [0.25, 0.3) is 0 Å². The molecule has 1 heterocycles. The van der Waals surface area contributed by atoms with E-state index in [1.807, 2.05) is 13.0 Å². The lowest BCUT2D eigenvalue weighted by atomic mass is 9.85. The second-order valence-electron chi connectivity index (χ2n) is 6.76. The number of hydrogen-bond donors (Lipinski definition) is 2. The molecule has 1 aliphatic carbocycles. The van der Waals surface area contributed by atoms with Crippen molar-refractivity contribution in [2.75, 3.05) is 13.2 Å². The first-order chi connectivity index (χ1) is 11.9. The van der Waals surface area contributed by atoms with Gasteiger partial charge in [0.2, 0.25) is 0 Å². The Balaban J connectivity index is 2.37. The number of ether oxygens (including phenoxy) is 2. The fraction of sp³-hybridized carbons (Fsp3) is 0.579. The van der Waals surface area contributed by atoms with Crippen molar-refractivity contribution in [3.8, 4) is 0 Å². The molecule has 0 radical (unpaired) electrons. The van der Waals surface area contributed by atoms with Crippen LogP contribution in [0.2, 0.25) is 0 Å². The zero-order valence-corrected chi connectivity index (χ0v) is 14.7. The van der Waals surface area contributed by atoms with E-state index in [1.165, 1.54) is 0 Å². The van der Waals surface area contributed by atoms with Crippen LogP contribution in [0.4, 0.5) is 0 Å². The molecule has 6 nitrogen and oxygen atoms in total. The third kappa shape index (κ3) is 4.58. The molecular formula is C19H26O6. The molecule has 138 valence electrons. The first-order valence-corrected chi connectivity index (χ1v) is 8.54. The van der Waals surface area contributed by atoms with Crippen LogP contribution in [0.15, 0.2) is 35.5 Å². The highest BCUT2D eigenvalue weighted by atomic mass is 16.6. The summed E-state index contributed by atoms with van der Waals surface area (Å²) in [7, 11) is 0. The van der Waals surface area contributed by atoms with Crippen LogP contribution in [-0.2, 0) is 19.1 Å². The Morgan fingerprint density at radius 2 is 2.20 bits per heavy atom. The average molecular weight is 350 g/mol. The van der Waals surface area contributed by atoms with E-state index in [9.17, 15) is 19.8 Å². The zero-order chi connectivity index (χ0) is 18.6. The number of allylic oxidation sites excluding steroid dienone is 1. The molecule has 0 aromatic rings. The average Bonchev–Trinajstić information content (AvgIpc) is 2.86.